The quantitative estimate of drug-likeness (QED) is 0.169. The Balaban J connectivity index is 1.08. The Labute approximate surface area is 320 Å². The Morgan fingerprint density at radius 3 is 1.55 bits per heavy atom. The number of furan rings is 2. The van der Waals surface area contributed by atoms with Crippen molar-refractivity contribution < 1.29 is 8.83 Å². The molecule has 7 aromatic carbocycles. The second-order valence-electron chi connectivity index (χ2n) is 13.7. The third-order valence-electron chi connectivity index (χ3n) is 10.2. The zero-order valence-corrected chi connectivity index (χ0v) is 29.8. The van der Waals surface area contributed by atoms with E-state index in [1.54, 1.807) is 0 Å². The van der Waals surface area contributed by atoms with Gasteiger partial charge in [-0.15, -0.1) is 0 Å². The first-order valence-electron chi connectivity index (χ1n) is 18.4. The van der Waals surface area contributed by atoms with E-state index in [0.717, 1.165) is 71.8 Å². The predicted molar refractivity (Wildman–Crippen MR) is 223 cm³/mol. The van der Waals surface area contributed by atoms with Crippen LogP contribution in [0.2, 0.25) is 0 Å². The van der Waals surface area contributed by atoms with E-state index in [-0.39, 0.29) is 0 Å². The van der Waals surface area contributed by atoms with E-state index in [4.69, 9.17) is 33.8 Å². The molecule has 0 radical (unpaired) electrons. The van der Waals surface area contributed by atoms with Crippen LogP contribution in [0, 0.1) is 0 Å². The largest absolute Gasteiger partial charge is 0.455 e. The van der Waals surface area contributed by atoms with Crippen molar-refractivity contribution in [3.05, 3.63) is 176 Å². The molecule has 0 saturated heterocycles. The van der Waals surface area contributed by atoms with E-state index in [9.17, 15) is 0 Å². The minimum absolute atomic E-state index is 0.568. The van der Waals surface area contributed by atoms with Gasteiger partial charge in [-0.1, -0.05) is 133 Å². The zero-order chi connectivity index (χ0) is 37.0. The molecule has 0 amide bonds. The van der Waals surface area contributed by atoms with Gasteiger partial charge in [0.1, 0.15) is 28.0 Å². The van der Waals surface area contributed by atoms with Crippen LogP contribution in [-0.2, 0) is 0 Å². The molecule has 7 heteroatoms. The summed E-state index contributed by atoms with van der Waals surface area (Å²) < 4.78 is 13.2. The van der Waals surface area contributed by atoms with E-state index in [1.807, 2.05) is 140 Å². The van der Waals surface area contributed by atoms with E-state index >= 15 is 0 Å². The van der Waals surface area contributed by atoms with Crippen molar-refractivity contribution in [1.29, 1.82) is 0 Å². The Morgan fingerprint density at radius 2 is 0.821 bits per heavy atom. The molecule has 0 N–H and O–H groups in total. The molecule has 0 aliphatic heterocycles. The molecule has 0 unspecified atom stereocenters. The summed E-state index contributed by atoms with van der Waals surface area (Å²) in [5, 5.41) is 2.81. The Morgan fingerprint density at radius 1 is 0.304 bits per heavy atom. The van der Waals surface area contributed by atoms with Gasteiger partial charge < -0.3 is 8.83 Å². The van der Waals surface area contributed by atoms with E-state index < -0.39 is 0 Å². The van der Waals surface area contributed by atoms with E-state index in [0.29, 0.717) is 40.2 Å². The van der Waals surface area contributed by atoms with Crippen LogP contribution in [0.1, 0.15) is 0 Å². The molecule has 0 fully saturated rings. The van der Waals surface area contributed by atoms with Gasteiger partial charge in [-0.25, -0.2) is 24.9 Å². The molecule has 0 spiro atoms. The number of aromatic nitrogens is 5. The number of nitrogens with zero attached hydrogens (tertiary/aromatic N) is 5. The van der Waals surface area contributed by atoms with Crippen molar-refractivity contribution in [2.24, 2.45) is 0 Å². The highest BCUT2D eigenvalue weighted by Gasteiger charge is 2.22. The van der Waals surface area contributed by atoms with Crippen LogP contribution < -0.4 is 0 Å². The second-order valence-corrected chi connectivity index (χ2v) is 13.7. The fourth-order valence-corrected chi connectivity index (χ4v) is 7.43. The molecular formula is C49H29N5O2. The normalized spacial score (nSPS) is 11.6. The average molecular weight is 720 g/mol. The first-order valence-corrected chi connectivity index (χ1v) is 18.4. The highest BCUT2D eigenvalue weighted by Crippen LogP contribution is 2.41. The van der Waals surface area contributed by atoms with Crippen molar-refractivity contribution in [1.82, 2.24) is 24.9 Å². The lowest BCUT2D eigenvalue weighted by atomic mass is 10.0. The van der Waals surface area contributed by atoms with Crippen LogP contribution in [0.5, 0.6) is 0 Å². The fraction of sp³-hybridized carbons (Fsp3) is 0. The van der Waals surface area contributed by atoms with Gasteiger partial charge >= 0.3 is 0 Å². The van der Waals surface area contributed by atoms with Gasteiger partial charge in [0.15, 0.2) is 28.9 Å². The highest BCUT2D eigenvalue weighted by atomic mass is 16.3. The van der Waals surface area contributed by atoms with Crippen LogP contribution in [0.3, 0.4) is 0 Å². The summed E-state index contributed by atoms with van der Waals surface area (Å²) in [4.78, 5) is 25.2. The number of para-hydroxylation sites is 2. The fourth-order valence-electron chi connectivity index (χ4n) is 7.43. The number of rotatable bonds is 6. The summed E-state index contributed by atoms with van der Waals surface area (Å²) in [5.41, 5.74) is 10.9. The highest BCUT2D eigenvalue weighted by molar-refractivity contribution is 6.14. The van der Waals surface area contributed by atoms with Gasteiger partial charge in [-0.05, 0) is 53.6 Å². The molecule has 11 aromatic rings. The lowest BCUT2D eigenvalue weighted by molar-refractivity contribution is 0.663. The summed E-state index contributed by atoms with van der Waals surface area (Å²) in [5.74, 6) is 2.38. The average Bonchev–Trinajstić information content (AvgIpc) is 3.85. The molecule has 11 rings (SSSR count). The second kappa shape index (κ2) is 13.0. The van der Waals surface area contributed by atoms with Gasteiger partial charge in [0.2, 0.25) is 0 Å². The molecule has 0 bridgehead atoms. The predicted octanol–water partition coefficient (Wildman–Crippen LogP) is 12.5. The number of benzene rings is 7. The summed E-state index contributed by atoms with van der Waals surface area (Å²) in [6.07, 6.45) is 0. The molecule has 262 valence electrons. The Hall–Kier alpha value is -7.77. The smallest absolute Gasteiger partial charge is 0.180 e. The minimum atomic E-state index is 0.568. The molecule has 0 atom stereocenters. The van der Waals surface area contributed by atoms with Crippen LogP contribution in [0.15, 0.2) is 185 Å². The third-order valence-corrected chi connectivity index (χ3v) is 10.2. The maximum atomic E-state index is 6.68. The van der Waals surface area contributed by atoms with Crippen molar-refractivity contribution in [3.63, 3.8) is 0 Å². The molecule has 0 saturated carbocycles. The van der Waals surface area contributed by atoms with Crippen molar-refractivity contribution >= 4 is 44.0 Å². The van der Waals surface area contributed by atoms with Crippen LogP contribution in [-0.4, -0.2) is 24.9 Å². The van der Waals surface area contributed by atoms with Crippen LogP contribution in [0.25, 0.3) is 112 Å². The standard InChI is InChI=1S/C49H29N5O2/c1-4-14-30(15-5-1)33-20-12-21-34(28-33)48-52-47(32-18-8-3-9-19-32)53-49(54-48)35-26-27-41-39(29-35)36-23-13-24-38(44(36)55-41)43-45-42(37-22-10-11-25-40(37)56-45)50-46(51-43)31-16-6-2-7-17-31/h1-29H. The first-order chi connectivity index (χ1) is 27.7. The van der Waals surface area contributed by atoms with Crippen LogP contribution in [0.4, 0.5) is 0 Å². The lowest BCUT2D eigenvalue weighted by Crippen LogP contribution is -2.00. The van der Waals surface area contributed by atoms with Gasteiger partial charge in [-0.3, -0.25) is 0 Å². The monoisotopic (exact) mass is 719 g/mol. The van der Waals surface area contributed by atoms with Crippen LogP contribution >= 0.6 is 0 Å². The maximum absolute atomic E-state index is 6.68. The number of hydrogen-bond acceptors (Lipinski definition) is 7. The van der Waals surface area contributed by atoms with Gasteiger partial charge in [0.25, 0.3) is 0 Å². The summed E-state index contributed by atoms with van der Waals surface area (Å²) in [6, 6.07) is 58.9. The van der Waals surface area contributed by atoms with Crippen molar-refractivity contribution in [3.8, 4) is 67.9 Å². The summed E-state index contributed by atoms with van der Waals surface area (Å²) >= 11 is 0. The molecular weight excluding hydrogens is 691 g/mol. The Kier molecular flexibility index (Phi) is 7.35. The van der Waals surface area contributed by atoms with E-state index in [1.165, 1.54) is 0 Å². The van der Waals surface area contributed by atoms with E-state index in [2.05, 4.69) is 36.4 Å². The maximum Gasteiger partial charge on any atom is 0.180 e. The van der Waals surface area contributed by atoms with Gasteiger partial charge in [-0.2, -0.15) is 0 Å². The van der Waals surface area contributed by atoms with Gasteiger partial charge in [0, 0.05) is 44.0 Å². The molecule has 4 aromatic heterocycles. The van der Waals surface area contributed by atoms with Crippen molar-refractivity contribution in [2.45, 2.75) is 0 Å². The molecule has 0 aliphatic rings. The van der Waals surface area contributed by atoms with Crippen molar-refractivity contribution in [2.75, 3.05) is 0 Å². The van der Waals surface area contributed by atoms with Gasteiger partial charge in [0.05, 0.1) is 0 Å². The third kappa shape index (κ3) is 5.41. The lowest BCUT2D eigenvalue weighted by Gasteiger charge is -2.10. The molecule has 0 aliphatic carbocycles. The number of fused-ring (bicyclic) bond motifs is 6. The SMILES string of the molecule is c1ccc(-c2cccc(-c3nc(-c4ccccc4)nc(-c4ccc5oc6c(-c7nc(-c8ccccc8)nc8c7oc7ccccc78)cccc6c5c4)n3)c2)cc1. The summed E-state index contributed by atoms with van der Waals surface area (Å²) in [7, 11) is 0. The Bertz CT molecular complexity index is 3250. The molecule has 7 nitrogen and oxygen atoms in total. The zero-order valence-electron chi connectivity index (χ0n) is 29.8. The molecule has 56 heavy (non-hydrogen) atoms. The first kappa shape index (κ1) is 31.7. The number of hydrogen-bond donors (Lipinski definition) is 0. The molecule has 4 heterocycles. The summed E-state index contributed by atoms with van der Waals surface area (Å²) in [6.45, 7) is 0. The topological polar surface area (TPSA) is 90.7 Å². The minimum Gasteiger partial charge on any atom is -0.455 e.